The largest absolute Gasteiger partial charge is 0.251 e. The zero-order chi connectivity index (χ0) is 9.68. The molecule has 0 amide bonds. The van der Waals surface area contributed by atoms with E-state index in [1.54, 1.807) is 0 Å². The van der Waals surface area contributed by atoms with Crippen LogP contribution in [-0.4, -0.2) is 19.1 Å². The van der Waals surface area contributed by atoms with Crippen molar-refractivity contribution in [2.75, 3.05) is 14.1 Å². The van der Waals surface area contributed by atoms with Gasteiger partial charge in [0.2, 0.25) is 0 Å². The zero-order valence-electron chi connectivity index (χ0n) is 8.67. The smallest absolute Gasteiger partial charge is 0.0353 e. The van der Waals surface area contributed by atoms with Crippen LogP contribution in [0.3, 0.4) is 0 Å². The molecule has 72 valence electrons. The summed E-state index contributed by atoms with van der Waals surface area (Å²) >= 11 is 0. The highest BCUT2D eigenvalue weighted by molar-refractivity contribution is 5.22. The van der Waals surface area contributed by atoms with E-state index in [2.05, 4.69) is 36.6 Å². The summed E-state index contributed by atoms with van der Waals surface area (Å²) in [7, 11) is 4.00. The van der Waals surface area contributed by atoms with E-state index in [1.165, 1.54) is 11.1 Å². The second-order valence-corrected chi connectivity index (χ2v) is 3.40. The summed E-state index contributed by atoms with van der Waals surface area (Å²) in [6.07, 6.45) is 1.11. The molecule has 0 saturated heterocycles. The van der Waals surface area contributed by atoms with Gasteiger partial charge in [0.1, 0.15) is 0 Å². The summed E-state index contributed by atoms with van der Waals surface area (Å²) in [5.41, 5.74) is 5.95. The lowest BCUT2D eigenvalue weighted by molar-refractivity contribution is 0.286. The van der Waals surface area contributed by atoms with Crippen molar-refractivity contribution in [3.05, 3.63) is 35.4 Å². The molecule has 13 heavy (non-hydrogen) atoms. The van der Waals surface area contributed by atoms with Gasteiger partial charge in [0.25, 0.3) is 0 Å². The van der Waals surface area contributed by atoms with Crippen molar-refractivity contribution in [1.82, 2.24) is 10.4 Å². The van der Waals surface area contributed by atoms with E-state index in [9.17, 15) is 0 Å². The van der Waals surface area contributed by atoms with Gasteiger partial charge in [-0.25, -0.2) is 0 Å². The normalized spacial score (nSPS) is 10.8. The summed E-state index contributed by atoms with van der Waals surface area (Å²) in [6.45, 7) is 3.07. The molecule has 1 rings (SSSR count). The zero-order valence-corrected chi connectivity index (χ0v) is 8.67. The second-order valence-electron chi connectivity index (χ2n) is 3.40. The fourth-order valence-electron chi connectivity index (χ4n) is 1.14. The van der Waals surface area contributed by atoms with Gasteiger partial charge in [-0.15, -0.1) is 0 Å². The maximum absolute atomic E-state index is 3.23. The Hall–Kier alpha value is -0.860. The van der Waals surface area contributed by atoms with Gasteiger partial charge in [-0.3, -0.25) is 10.4 Å². The Morgan fingerprint density at radius 1 is 1.08 bits per heavy atom. The third kappa shape index (κ3) is 3.57. The minimum atomic E-state index is 0.900. The molecule has 0 aliphatic heterocycles. The molecule has 0 aliphatic carbocycles. The highest BCUT2D eigenvalue weighted by atomic mass is 15.5. The number of nitrogens with one attached hydrogen (secondary N) is 1. The first-order valence-corrected chi connectivity index (χ1v) is 4.71. The molecule has 1 N–H and O–H groups in total. The number of hydrogen-bond acceptors (Lipinski definition) is 2. The summed E-state index contributed by atoms with van der Waals surface area (Å²) in [6, 6.07) is 8.73. The monoisotopic (exact) mass is 178 g/mol. The predicted octanol–water partition coefficient (Wildman–Crippen LogP) is 1.82. The number of aryl methyl sites for hydroxylation is 1. The number of rotatable bonds is 4. The average molecular weight is 178 g/mol. The number of hydrazine groups is 1. The molecular weight excluding hydrogens is 160 g/mol. The molecule has 0 heterocycles. The fourth-order valence-corrected chi connectivity index (χ4v) is 1.14. The van der Waals surface area contributed by atoms with E-state index in [0.29, 0.717) is 0 Å². The van der Waals surface area contributed by atoms with Gasteiger partial charge in [-0.05, 0) is 17.5 Å². The van der Waals surface area contributed by atoms with E-state index in [-0.39, 0.29) is 0 Å². The van der Waals surface area contributed by atoms with Crippen molar-refractivity contribution in [3.8, 4) is 0 Å². The first kappa shape index (κ1) is 10.2. The highest BCUT2D eigenvalue weighted by Crippen LogP contribution is 2.04. The third-order valence-corrected chi connectivity index (χ3v) is 2.03. The maximum Gasteiger partial charge on any atom is 0.0353 e. The van der Waals surface area contributed by atoms with Crippen LogP contribution in [0.1, 0.15) is 18.1 Å². The van der Waals surface area contributed by atoms with Crippen LogP contribution in [0.25, 0.3) is 0 Å². The van der Waals surface area contributed by atoms with Crippen LogP contribution in [0.15, 0.2) is 24.3 Å². The molecule has 0 fully saturated rings. The van der Waals surface area contributed by atoms with Crippen LogP contribution in [0, 0.1) is 0 Å². The Morgan fingerprint density at radius 3 is 2.08 bits per heavy atom. The molecule has 0 radical (unpaired) electrons. The summed E-state index contributed by atoms with van der Waals surface area (Å²) in [5, 5.41) is 1.97. The molecule has 1 aromatic rings. The fraction of sp³-hybridized carbons (Fsp3) is 0.455. The Bertz CT molecular complexity index is 239. The predicted molar refractivity (Wildman–Crippen MR) is 56.3 cm³/mol. The molecular formula is C11H18N2. The molecule has 0 saturated carbocycles. The van der Waals surface area contributed by atoms with Crippen molar-refractivity contribution >= 4 is 0 Å². The van der Waals surface area contributed by atoms with E-state index in [0.717, 1.165) is 13.0 Å². The van der Waals surface area contributed by atoms with Gasteiger partial charge in [0.05, 0.1) is 0 Å². The van der Waals surface area contributed by atoms with Gasteiger partial charge in [0.15, 0.2) is 0 Å². The van der Waals surface area contributed by atoms with Gasteiger partial charge in [-0.1, -0.05) is 31.2 Å². The van der Waals surface area contributed by atoms with Crippen LogP contribution in [0.5, 0.6) is 0 Å². The molecule has 0 aromatic heterocycles. The Balaban J connectivity index is 2.49. The van der Waals surface area contributed by atoms with Crippen molar-refractivity contribution in [3.63, 3.8) is 0 Å². The minimum Gasteiger partial charge on any atom is -0.251 e. The van der Waals surface area contributed by atoms with Crippen LogP contribution in [0.4, 0.5) is 0 Å². The molecule has 2 heteroatoms. The van der Waals surface area contributed by atoms with E-state index >= 15 is 0 Å². The Morgan fingerprint density at radius 2 is 1.62 bits per heavy atom. The summed E-state index contributed by atoms with van der Waals surface area (Å²) in [4.78, 5) is 0. The maximum atomic E-state index is 3.23. The van der Waals surface area contributed by atoms with Gasteiger partial charge < -0.3 is 0 Å². The van der Waals surface area contributed by atoms with Crippen molar-refractivity contribution in [2.24, 2.45) is 0 Å². The van der Waals surface area contributed by atoms with Gasteiger partial charge >= 0.3 is 0 Å². The van der Waals surface area contributed by atoms with Gasteiger partial charge in [0, 0.05) is 20.6 Å². The third-order valence-electron chi connectivity index (χ3n) is 2.03. The molecule has 0 aliphatic rings. The molecule has 0 bridgehead atoms. The second kappa shape index (κ2) is 5.00. The van der Waals surface area contributed by atoms with Crippen molar-refractivity contribution in [1.29, 1.82) is 0 Å². The number of nitrogens with zero attached hydrogens (tertiary/aromatic N) is 1. The van der Waals surface area contributed by atoms with Crippen LogP contribution in [0.2, 0.25) is 0 Å². The van der Waals surface area contributed by atoms with E-state index in [4.69, 9.17) is 0 Å². The minimum absolute atomic E-state index is 0.900. The Labute approximate surface area is 80.5 Å². The topological polar surface area (TPSA) is 15.3 Å². The van der Waals surface area contributed by atoms with Crippen LogP contribution >= 0.6 is 0 Å². The SMILES string of the molecule is CCc1ccc(CNN(C)C)cc1. The number of benzene rings is 1. The van der Waals surface area contributed by atoms with Crippen molar-refractivity contribution < 1.29 is 0 Å². The molecule has 0 spiro atoms. The molecule has 0 atom stereocenters. The van der Waals surface area contributed by atoms with Crippen molar-refractivity contribution in [2.45, 2.75) is 19.9 Å². The quantitative estimate of drug-likeness (QED) is 0.707. The standard InChI is InChI=1S/C11H18N2/c1-4-10-5-7-11(8-6-10)9-12-13(2)3/h5-8,12H,4,9H2,1-3H3. The summed E-state index contributed by atoms with van der Waals surface area (Å²) in [5.74, 6) is 0. The lowest BCUT2D eigenvalue weighted by atomic mass is 10.1. The lowest BCUT2D eigenvalue weighted by Crippen LogP contribution is -2.29. The first-order valence-electron chi connectivity index (χ1n) is 4.71. The van der Waals surface area contributed by atoms with Crippen LogP contribution < -0.4 is 5.43 Å². The first-order chi connectivity index (χ1) is 6.22. The molecule has 0 unspecified atom stereocenters. The lowest BCUT2D eigenvalue weighted by Gasteiger charge is -2.11. The number of hydrogen-bond donors (Lipinski definition) is 1. The van der Waals surface area contributed by atoms with E-state index < -0.39 is 0 Å². The summed E-state index contributed by atoms with van der Waals surface area (Å²) < 4.78 is 0. The van der Waals surface area contributed by atoms with Gasteiger partial charge in [-0.2, -0.15) is 0 Å². The van der Waals surface area contributed by atoms with E-state index in [1.807, 2.05) is 19.1 Å². The highest BCUT2D eigenvalue weighted by Gasteiger charge is 1.93. The molecule has 1 aromatic carbocycles. The van der Waals surface area contributed by atoms with Crippen LogP contribution in [-0.2, 0) is 13.0 Å². The molecule has 2 nitrogen and oxygen atoms in total. The Kier molecular flexibility index (Phi) is 3.93. The average Bonchev–Trinajstić information content (AvgIpc) is 2.15.